The van der Waals surface area contributed by atoms with E-state index in [0.717, 1.165) is 0 Å². The molecule has 0 fully saturated rings. The highest BCUT2D eigenvalue weighted by atomic mass is 16.5. The van der Waals surface area contributed by atoms with Crippen LogP contribution in [0.1, 0.15) is 28.9 Å². The fourth-order valence-corrected chi connectivity index (χ4v) is 1.61. The van der Waals surface area contributed by atoms with Gasteiger partial charge in [-0.15, -0.1) is 0 Å². The average molecular weight is 269 g/mol. The molecule has 1 aromatic rings. The van der Waals surface area contributed by atoms with Crippen LogP contribution in [0.25, 0.3) is 0 Å². The minimum Gasteiger partial charge on any atom is -0.478 e. The van der Waals surface area contributed by atoms with Crippen LogP contribution in [0.2, 0.25) is 0 Å². The molecule has 7 nitrogen and oxygen atoms in total. The van der Waals surface area contributed by atoms with Gasteiger partial charge >= 0.3 is 11.9 Å². The van der Waals surface area contributed by atoms with E-state index >= 15 is 0 Å². The monoisotopic (exact) mass is 269 g/mol. The maximum Gasteiger partial charge on any atom is 0.338 e. The minimum absolute atomic E-state index is 0.0265. The van der Waals surface area contributed by atoms with Gasteiger partial charge in [0.2, 0.25) is 0 Å². The quantitative estimate of drug-likeness (QED) is 0.434. The zero-order valence-electron chi connectivity index (χ0n) is 10.2. The lowest BCUT2D eigenvalue weighted by atomic mass is 9.96. The summed E-state index contributed by atoms with van der Waals surface area (Å²) in [6.45, 7) is 1.56. The average Bonchev–Trinajstić information content (AvgIpc) is 2.36. The Hall–Kier alpha value is -2.12. The van der Waals surface area contributed by atoms with E-state index in [0.29, 0.717) is 0 Å². The zero-order chi connectivity index (χ0) is 14.6. The van der Waals surface area contributed by atoms with E-state index in [1.165, 1.54) is 25.1 Å². The number of aliphatic hydroxyl groups is 2. The van der Waals surface area contributed by atoms with Crippen molar-refractivity contribution in [3.8, 4) is 0 Å². The van der Waals surface area contributed by atoms with E-state index in [1.54, 1.807) is 0 Å². The molecule has 1 rings (SSSR count). The summed E-state index contributed by atoms with van der Waals surface area (Å²) in [5.41, 5.74) is 5.06. The van der Waals surface area contributed by atoms with Crippen molar-refractivity contribution in [3.63, 3.8) is 0 Å². The summed E-state index contributed by atoms with van der Waals surface area (Å²) in [5, 5.41) is 28.5. The molecule has 0 saturated carbocycles. The Kier molecular flexibility index (Phi) is 4.85. The lowest BCUT2D eigenvalue weighted by Crippen LogP contribution is -2.31. The topological polar surface area (TPSA) is 130 Å². The number of carboxylic acid groups (broad SMARTS) is 1. The maximum absolute atomic E-state index is 11.3. The van der Waals surface area contributed by atoms with Crippen molar-refractivity contribution >= 4 is 17.6 Å². The molecule has 2 unspecified atom stereocenters. The van der Waals surface area contributed by atoms with Gasteiger partial charge in [-0.05, 0) is 19.1 Å². The molecule has 0 radical (unpaired) electrons. The summed E-state index contributed by atoms with van der Waals surface area (Å²) < 4.78 is 4.55. The molecule has 7 heteroatoms. The smallest absolute Gasteiger partial charge is 0.338 e. The number of anilines is 1. The lowest BCUT2D eigenvalue weighted by molar-refractivity contribution is -0.159. The van der Waals surface area contributed by atoms with Crippen molar-refractivity contribution in [2.75, 3.05) is 12.3 Å². The van der Waals surface area contributed by atoms with E-state index in [4.69, 9.17) is 10.8 Å². The highest BCUT2D eigenvalue weighted by Gasteiger charge is 2.31. The summed E-state index contributed by atoms with van der Waals surface area (Å²) in [6.07, 6.45) is -3.67. The molecule has 0 heterocycles. The van der Waals surface area contributed by atoms with Crippen molar-refractivity contribution < 1.29 is 29.6 Å². The van der Waals surface area contributed by atoms with Gasteiger partial charge in [0.1, 0.15) is 6.10 Å². The first-order valence-electron chi connectivity index (χ1n) is 5.54. The number of ether oxygens (including phenoxy) is 1. The summed E-state index contributed by atoms with van der Waals surface area (Å²) in [4.78, 5) is 22.4. The lowest BCUT2D eigenvalue weighted by Gasteiger charge is -2.19. The van der Waals surface area contributed by atoms with Gasteiger partial charge in [-0.25, -0.2) is 9.59 Å². The van der Waals surface area contributed by atoms with Gasteiger partial charge in [0.25, 0.3) is 0 Å². The van der Waals surface area contributed by atoms with Crippen molar-refractivity contribution in [1.82, 2.24) is 0 Å². The van der Waals surface area contributed by atoms with Crippen LogP contribution < -0.4 is 5.73 Å². The summed E-state index contributed by atoms with van der Waals surface area (Å²) in [6, 6.07) is 3.98. The Bertz CT molecular complexity index is 487. The van der Waals surface area contributed by atoms with Gasteiger partial charge in [-0.2, -0.15) is 0 Å². The molecule has 0 amide bonds. The van der Waals surface area contributed by atoms with Crippen LogP contribution in [0, 0.1) is 0 Å². The van der Waals surface area contributed by atoms with E-state index in [2.05, 4.69) is 4.74 Å². The number of hydrogen-bond acceptors (Lipinski definition) is 6. The Labute approximate surface area is 109 Å². The molecule has 0 aliphatic rings. The number of carbonyl (C=O) groups is 2. The second-order valence-corrected chi connectivity index (χ2v) is 3.76. The number of carbonyl (C=O) groups excluding carboxylic acids is 1. The molecule has 0 saturated heterocycles. The molecule has 2 atom stereocenters. The van der Waals surface area contributed by atoms with E-state index < -0.39 is 24.1 Å². The Balaban J connectivity index is 3.15. The number of nitrogens with two attached hydrogens (primary N) is 1. The second kappa shape index (κ2) is 6.17. The first-order valence-corrected chi connectivity index (χ1v) is 5.54. The molecule has 104 valence electrons. The van der Waals surface area contributed by atoms with Crippen LogP contribution >= 0.6 is 0 Å². The van der Waals surface area contributed by atoms with Crippen LogP contribution in [0.5, 0.6) is 0 Å². The molecule has 0 bridgehead atoms. The number of carboxylic acids is 1. The highest BCUT2D eigenvalue weighted by molar-refractivity contribution is 5.92. The van der Waals surface area contributed by atoms with Crippen molar-refractivity contribution in [2.24, 2.45) is 0 Å². The van der Waals surface area contributed by atoms with Crippen LogP contribution in [0.3, 0.4) is 0 Å². The summed E-state index contributed by atoms with van der Waals surface area (Å²) in [7, 11) is 0. The summed E-state index contributed by atoms with van der Waals surface area (Å²) in [5.74, 6) is -2.37. The number of esters is 1. The molecule has 0 aromatic heterocycles. The van der Waals surface area contributed by atoms with Gasteiger partial charge in [-0.1, -0.05) is 6.07 Å². The third-order valence-corrected chi connectivity index (χ3v) is 2.49. The first-order chi connectivity index (χ1) is 8.90. The molecule has 0 spiro atoms. The maximum atomic E-state index is 11.3. The molecule has 0 aliphatic carbocycles. The Morgan fingerprint density at radius 3 is 2.53 bits per heavy atom. The van der Waals surface area contributed by atoms with Crippen LogP contribution in [-0.4, -0.2) is 40.0 Å². The molecule has 19 heavy (non-hydrogen) atoms. The van der Waals surface area contributed by atoms with Crippen molar-refractivity contribution in [2.45, 2.75) is 19.1 Å². The van der Waals surface area contributed by atoms with Crippen LogP contribution in [0.4, 0.5) is 5.69 Å². The van der Waals surface area contributed by atoms with E-state index in [9.17, 15) is 19.8 Å². The van der Waals surface area contributed by atoms with Gasteiger partial charge in [0.05, 0.1) is 12.2 Å². The van der Waals surface area contributed by atoms with E-state index in [1.807, 2.05) is 0 Å². The fourth-order valence-electron chi connectivity index (χ4n) is 1.61. The Morgan fingerprint density at radius 1 is 1.37 bits per heavy atom. The third kappa shape index (κ3) is 3.21. The minimum atomic E-state index is -1.90. The Morgan fingerprint density at radius 2 is 2.00 bits per heavy atom. The van der Waals surface area contributed by atoms with Crippen molar-refractivity contribution in [3.05, 3.63) is 29.3 Å². The van der Waals surface area contributed by atoms with Gasteiger partial charge in [0, 0.05) is 11.3 Å². The van der Waals surface area contributed by atoms with Crippen LogP contribution in [-0.2, 0) is 9.53 Å². The molecule has 5 N–H and O–H groups in total. The first kappa shape index (κ1) is 14.9. The number of hydrogen-bond donors (Lipinski definition) is 4. The number of aliphatic hydroxyl groups excluding tert-OH is 2. The predicted octanol–water partition coefficient (Wildman–Crippen LogP) is -0.0756. The second-order valence-electron chi connectivity index (χ2n) is 3.76. The van der Waals surface area contributed by atoms with Gasteiger partial charge in [-0.3, -0.25) is 0 Å². The predicted molar refractivity (Wildman–Crippen MR) is 65.4 cm³/mol. The van der Waals surface area contributed by atoms with E-state index in [-0.39, 0.29) is 23.4 Å². The molecule has 0 aliphatic heterocycles. The van der Waals surface area contributed by atoms with Gasteiger partial charge < -0.3 is 25.8 Å². The van der Waals surface area contributed by atoms with Crippen molar-refractivity contribution in [1.29, 1.82) is 0 Å². The molecular formula is C12H15NO6. The molecular weight excluding hydrogens is 254 g/mol. The fraction of sp³-hybridized carbons (Fsp3) is 0.333. The number of benzene rings is 1. The highest BCUT2D eigenvalue weighted by Crippen LogP contribution is 2.27. The number of nitrogen functional groups attached to an aromatic ring is 1. The largest absolute Gasteiger partial charge is 0.478 e. The standard InChI is InChI=1S/C12H15NO6/c1-2-19-12(18)10(15)9(14)8-6(11(16)17)4-3-5-7(8)13/h3-5,9-10,14-15H,2,13H2,1H3,(H,16,17). The molecule has 1 aromatic carbocycles. The number of aromatic carboxylic acids is 1. The van der Waals surface area contributed by atoms with Gasteiger partial charge in [0.15, 0.2) is 6.10 Å². The SMILES string of the molecule is CCOC(=O)C(O)C(O)c1c(N)cccc1C(=O)O. The van der Waals surface area contributed by atoms with Crippen LogP contribution in [0.15, 0.2) is 18.2 Å². The number of rotatable bonds is 5. The summed E-state index contributed by atoms with van der Waals surface area (Å²) >= 11 is 0. The zero-order valence-corrected chi connectivity index (χ0v) is 10.2. The normalized spacial score (nSPS) is 13.6. The third-order valence-electron chi connectivity index (χ3n) is 2.49.